The van der Waals surface area contributed by atoms with Gasteiger partial charge in [-0.05, 0) is 19.1 Å². The van der Waals surface area contributed by atoms with Crippen molar-refractivity contribution in [2.45, 2.75) is 6.92 Å². The smallest absolute Gasteiger partial charge is 0.323 e. The monoisotopic (exact) mass is 281 g/mol. The SMILES string of the molecule is CC(=O)c1cc([N+](=O)[O-])c(Oc2ccccc2F)s1. The number of hydrogen-bond donors (Lipinski definition) is 0. The van der Waals surface area contributed by atoms with Crippen LogP contribution in [0.5, 0.6) is 10.8 Å². The molecule has 5 nitrogen and oxygen atoms in total. The number of carbonyl (C=O) groups is 1. The zero-order valence-corrected chi connectivity index (χ0v) is 10.6. The minimum Gasteiger partial charge on any atom is -0.437 e. The highest BCUT2D eigenvalue weighted by atomic mass is 32.1. The van der Waals surface area contributed by atoms with Crippen molar-refractivity contribution in [1.29, 1.82) is 0 Å². The summed E-state index contributed by atoms with van der Waals surface area (Å²) in [6, 6.07) is 6.69. The van der Waals surface area contributed by atoms with E-state index in [1.54, 1.807) is 6.07 Å². The Kier molecular flexibility index (Phi) is 3.57. The molecule has 0 atom stereocenters. The van der Waals surface area contributed by atoms with Crippen molar-refractivity contribution in [3.63, 3.8) is 0 Å². The lowest BCUT2D eigenvalue weighted by molar-refractivity contribution is -0.385. The van der Waals surface area contributed by atoms with E-state index in [9.17, 15) is 19.3 Å². The van der Waals surface area contributed by atoms with E-state index < -0.39 is 10.7 Å². The predicted octanol–water partition coefficient (Wildman–Crippen LogP) is 3.79. The van der Waals surface area contributed by atoms with E-state index in [4.69, 9.17) is 4.74 Å². The highest BCUT2D eigenvalue weighted by Gasteiger charge is 2.23. The molecule has 0 aliphatic rings. The first kappa shape index (κ1) is 13.2. The first-order valence-electron chi connectivity index (χ1n) is 5.20. The van der Waals surface area contributed by atoms with Crippen LogP contribution in [0, 0.1) is 15.9 Å². The van der Waals surface area contributed by atoms with E-state index in [1.165, 1.54) is 25.1 Å². The fourth-order valence-corrected chi connectivity index (χ4v) is 2.25. The number of carbonyl (C=O) groups excluding carboxylic acids is 1. The van der Waals surface area contributed by atoms with E-state index in [2.05, 4.69) is 0 Å². The molecule has 0 unspecified atom stereocenters. The predicted molar refractivity (Wildman–Crippen MR) is 67.5 cm³/mol. The van der Waals surface area contributed by atoms with Crippen LogP contribution in [0.1, 0.15) is 16.6 Å². The standard InChI is InChI=1S/C12H8FNO4S/c1-7(15)11-6-9(14(16)17)12(19-11)18-10-5-3-2-4-8(10)13/h2-6H,1H3. The average molecular weight is 281 g/mol. The van der Waals surface area contributed by atoms with Gasteiger partial charge < -0.3 is 4.74 Å². The summed E-state index contributed by atoms with van der Waals surface area (Å²) in [5.41, 5.74) is -0.349. The quantitative estimate of drug-likeness (QED) is 0.485. The summed E-state index contributed by atoms with van der Waals surface area (Å²) in [7, 11) is 0. The Morgan fingerprint density at radius 1 is 1.42 bits per heavy atom. The molecule has 1 aromatic carbocycles. The van der Waals surface area contributed by atoms with Crippen LogP contribution in [0.3, 0.4) is 0 Å². The van der Waals surface area contributed by atoms with Gasteiger partial charge in [0.2, 0.25) is 0 Å². The first-order valence-corrected chi connectivity index (χ1v) is 6.02. The highest BCUT2D eigenvalue weighted by molar-refractivity contribution is 7.16. The lowest BCUT2D eigenvalue weighted by Crippen LogP contribution is -1.91. The van der Waals surface area contributed by atoms with Crippen molar-refractivity contribution in [3.05, 3.63) is 51.1 Å². The maximum absolute atomic E-state index is 13.4. The van der Waals surface area contributed by atoms with Gasteiger partial charge in [0, 0.05) is 6.07 Å². The molecule has 1 aromatic heterocycles. The minimum atomic E-state index is -0.668. The zero-order chi connectivity index (χ0) is 14.0. The normalized spacial score (nSPS) is 10.2. The van der Waals surface area contributed by atoms with Gasteiger partial charge in [0.1, 0.15) is 0 Å². The molecule has 0 spiro atoms. The summed E-state index contributed by atoms with van der Waals surface area (Å²) in [6.07, 6.45) is 0. The topological polar surface area (TPSA) is 69.4 Å². The molecule has 0 N–H and O–H groups in total. The molecule has 2 aromatic rings. The summed E-state index contributed by atoms with van der Waals surface area (Å²) >= 11 is 0.819. The van der Waals surface area contributed by atoms with Crippen LogP contribution in [-0.2, 0) is 0 Å². The number of hydrogen-bond acceptors (Lipinski definition) is 5. The van der Waals surface area contributed by atoms with Crippen LogP contribution in [0.25, 0.3) is 0 Å². The molecule has 0 aliphatic heterocycles. The van der Waals surface area contributed by atoms with Gasteiger partial charge in [0.05, 0.1) is 9.80 Å². The van der Waals surface area contributed by atoms with E-state index >= 15 is 0 Å². The molecular weight excluding hydrogens is 273 g/mol. The summed E-state index contributed by atoms with van der Waals surface area (Å²) in [5.74, 6) is -1.06. The second-order valence-corrected chi connectivity index (χ2v) is 4.64. The Labute approximate surface area is 111 Å². The van der Waals surface area contributed by atoms with E-state index in [1.807, 2.05) is 0 Å². The Morgan fingerprint density at radius 2 is 2.11 bits per heavy atom. The summed E-state index contributed by atoms with van der Waals surface area (Å²) in [5, 5.41) is 10.7. The number of thiophene rings is 1. The second kappa shape index (κ2) is 5.15. The van der Waals surface area contributed by atoms with Crippen LogP contribution < -0.4 is 4.74 Å². The fraction of sp³-hybridized carbons (Fsp3) is 0.0833. The van der Waals surface area contributed by atoms with E-state index in [0.717, 1.165) is 17.4 Å². The first-order chi connectivity index (χ1) is 8.99. The largest absolute Gasteiger partial charge is 0.437 e. The van der Waals surface area contributed by atoms with Gasteiger partial charge in [-0.2, -0.15) is 0 Å². The molecule has 0 saturated heterocycles. The highest BCUT2D eigenvalue weighted by Crippen LogP contribution is 2.40. The third-order valence-electron chi connectivity index (χ3n) is 2.26. The number of nitrogens with zero attached hydrogens (tertiary/aromatic N) is 1. The van der Waals surface area contributed by atoms with Crippen LogP contribution in [0.15, 0.2) is 30.3 Å². The molecule has 1 heterocycles. The molecule has 7 heteroatoms. The van der Waals surface area contributed by atoms with Crippen LogP contribution >= 0.6 is 11.3 Å². The van der Waals surface area contributed by atoms with Gasteiger partial charge in [0.15, 0.2) is 17.3 Å². The van der Waals surface area contributed by atoms with Gasteiger partial charge >= 0.3 is 5.69 Å². The number of para-hydroxylation sites is 1. The van der Waals surface area contributed by atoms with E-state index in [0.29, 0.717) is 0 Å². The fourth-order valence-electron chi connectivity index (χ4n) is 1.37. The Bertz CT molecular complexity index is 653. The van der Waals surface area contributed by atoms with Crippen molar-refractivity contribution in [2.75, 3.05) is 0 Å². The number of ether oxygens (including phenoxy) is 1. The lowest BCUT2D eigenvalue weighted by atomic mass is 10.3. The molecule has 0 bridgehead atoms. The number of halogens is 1. The van der Waals surface area contributed by atoms with Crippen LogP contribution in [0.2, 0.25) is 0 Å². The number of nitro groups is 1. The number of ketones is 1. The maximum Gasteiger partial charge on any atom is 0.323 e. The number of Topliss-reactive ketones (excluding diaryl/α,β-unsaturated/α-hetero) is 1. The molecule has 0 aliphatic carbocycles. The van der Waals surface area contributed by atoms with Crippen LogP contribution in [0.4, 0.5) is 10.1 Å². The van der Waals surface area contributed by atoms with Crippen molar-refractivity contribution in [2.24, 2.45) is 0 Å². The Morgan fingerprint density at radius 3 is 2.68 bits per heavy atom. The average Bonchev–Trinajstić information content (AvgIpc) is 2.76. The van der Waals surface area contributed by atoms with Crippen molar-refractivity contribution in [3.8, 4) is 10.8 Å². The van der Waals surface area contributed by atoms with Crippen molar-refractivity contribution in [1.82, 2.24) is 0 Å². The molecule has 98 valence electrons. The molecule has 0 fully saturated rings. The van der Waals surface area contributed by atoms with Crippen molar-refractivity contribution < 1.29 is 18.8 Å². The summed E-state index contributed by atoms with van der Waals surface area (Å²) in [6.45, 7) is 1.29. The van der Waals surface area contributed by atoms with Gasteiger partial charge in [0.25, 0.3) is 5.06 Å². The number of benzene rings is 1. The zero-order valence-electron chi connectivity index (χ0n) is 9.75. The maximum atomic E-state index is 13.4. The molecule has 0 amide bonds. The molecule has 0 radical (unpaired) electrons. The lowest BCUT2D eigenvalue weighted by Gasteiger charge is -2.03. The second-order valence-electron chi connectivity index (χ2n) is 3.63. The third-order valence-corrected chi connectivity index (χ3v) is 3.37. The van der Waals surface area contributed by atoms with Gasteiger partial charge in [-0.3, -0.25) is 14.9 Å². The Balaban J connectivity index is 2.42. The van der Waals surface area contributed by atoms with Gasteiger partial charge in [-0.15, -0.1) is 0 Å². The van der Waals surface area contributed by atoms with Gasteiger partial charge in [-0.1, -0.05) is 23.5 Å². The summed E-state index contributed by atoms with van der Waals surface area (Å²) in [4.78, 5) is 21.6. The van der Waals surface area contributed by atoms with E-state index in [-0.39, 0.29) is 27.2 Å². The third kappa shape index (κ3) is 2.76. The number of rotatable bonds is 4. The molecular formula is C12H8FNO4S. The summed E-state index contributed by atoms with van der Waals surface area (Å²) < 4.78 is 18.6. The van der Waals surface area contributed by atoms with Gasteiger partial charge in [-0.25, -0.2) is 4.39 Å². The Hall–Kier alpha value is -2.28. The van der Waals surface area contributed by atoms with Crippen molar-refractivity contribution >= 4 is 22.8 Å². The molecule has 19 heavy (non-hydrogen) atoms. The molecule has 0 saturated carbocycles. The molecule has 2 rings (SSSR count). The minimum absolute atomic E-state index is 0.111. The van der Waals surface area contributed by atoms with Crippen LogP contribution in [-0.4, -0.2) is 10.7 Å².